The monoisotopic (exact) mass is 546 g/mol. The summed E-state index contributed by atoms with van der Waals surface area (Å²) in [5, 5.41) is 7.93. The van der Waals surface area contributed by atoms with E-state index in [0.717, 1.165) is 53.2 Å². The molecule has 7 heteroatoms. The first-order chi connectivity index (χ1) is 15.2. The van der Waals surface area contributed by atoms with Crippen molar-refractivity contribution in [2.24, 2.45) is 4.99 Å². The topological polar surface area (TPSA) is 67.8 Å². The Labute approximate surface area is 206 Å². The van der Waals surface area contributed by atoms with E-state index in [9.17, 15) is 0 Å². The number of guanidine groups is 1. The van der Waals surface area contributed by atoms with E-state index in [1.54, 1.807) is 7.05 Å². The molecule has 0 spiro atoms. The highest BCUT2D eigenvalue weighted by molar-refractivity contribution is 14.0. The minimum Gasteiger partial charge on any atom is -0.491 e. The Balaban J connectivity index is 0.00000289. The molecule has 1 saturated heterocycles. The molecule has 1 unspecified atom stereocenters. The minimum absolute atomic E-state index is 0. The van der Waals surface area contributed by atoms with Gasteiger partial charge in [-0.15, -0.1) is 24.0 Å². The summed E-state index contributed by atoms with van der Waals surface area (Å²) in [7, 11) is 1.78. The fraction of sp³-hybridized carbons (Fsp3) is 0.360. The molecule has 4 rings (SSSR count). The van der Waals surface area contributed by atoms with Crippen LogP contribution in [0.4, 0.5) is 0 Å². The van der Waals surface area contributed by atoms with Crippen LogP contribution in [-0.4, -0.2) is 37.3 Å². The van der Waals surface area contributed by atoms with Gasteiger partial charge in [-0.1, -0.05) is 36.4 Å². The van der Waals surface area contributed by atoms with E-state index in [1.165, 1.54) is 5.56 Å². The Kier molecular flexibility index (Phi) is 9.11. The van der Waals surface area contributed by atoms with Crippen LogP contribution in [0.5, 0.6) is 5.75 Å². The summed E-state index contributed by atoms with van der Waals surface area (Å²) in [5.41, 5.74) is 4.42. The number of aromatic nitrogens is 1. The van der Waals surface area contributed by atoms with Gasteiger partial charge >= 0.3 is 0 Å². The Morgan fingerprint density at radius 1 is 1.12 bits per heavy atom. The molecule has 170 valence electrons. The number of hydrogen-bond donors (Lipinski definition) is 2. The quantitative estimate of drug-likeness (QED) is 0.258. The lowest BCUT2D eigenvalue weighted by Gasteiger charge is -2.17. The largest absolute Gasteiger partial charge is 0.491 e. The van der Waals surface area contributed by atoms with Crippen molar-refractivity contribution < 1.29 is 9.47 Å². The Hall–Kier alpha value is -2.39. The molecule has 0 radical (unpaired) electrons. The summed E-state index contributed by atoms with van der Waals surface area (Å²) in [6, 6.07) is 16.6. The first-order valence-corrected chi connectivity index (χ1v) is 10.8. The molecule has 0 amide bonds. The van der Waals surface area contributed by atoms with Crippen LogP contribution >= 0.6 is 24.0 Å². The highest BCUT2D eigenvalue weighted by atomic mass is 127. The van der Waals surface area contributed by atoms with Crippen molar-refractivity contribution >= 4 is 40.8 Å². The van der Waals surface area contributed by atoms with Crippen LogP contribution in [0.15, 0.2) is 59.7 Å². The Morgan fingerprint density at radius 3 is 2.72 bits per heavy atom. The molecule has 32 heavy (non-hydrogen) atoms. The van der Waals surface area contributed by atoms with Crippen molar-refractivity contribution in [3.05, 3.63) is 71.4 Å². The average Bonchev–Trinajstić information content (AvgIpc) is 3.32. The first kappa shape index (κ1) is 24.3. The maximum absolute atomic E-state index is 6.11. The standard InChI is InChI=1S/C25H30N4O2.HI/c1-18-10-11-20(23(14-18)31-17-22-9-5-13-30-22)15-28-25(26-2)29-16-21-7-3-6-19-8-4-12-27-24(19)21;/h3-4,6-8,10-12,14,22H,5,9,13,15-17H2,1-2H3,(H2,26,28,29);1H. The van der Waals surface area contributed by atoms with E-state index in [4.69, 9.17) is 9.47 Å². The van der Waals surface area contributed by atoms with Crippen molar-refractivity contribution in [1.82, 2.24) is 15.6 Å². The van der Waals surface area contributed by atoms with Crippen molar-refractivity contribution in [2.45, 2.75) is 39.0 Å². The highest BCUT2D eigenvalue weighted by Crippen LogP contribution is 2.22. The number of benzene rings is 2. The summed E-state index contributed by atoms with van der Waals surface area (Å²) in [6.45, 7) is 4.77. The van der Waals surface area contributed by atoms with Gasteiger partial charge in [0, 0.05) is 43.9 Å². The number of nitrogens with one attached hydrogen (secondary N) is 2. The molecule has 1 atom stereocenters. The van der Waals surface area contributed by atoms with Gasteiger partial charge in [-0.2, -0.15) is 0 Å². The first-order valence-electron chi connectivity index (χ1n) is 10.8. The van der Waals surface area contributed by atoms with E-state index in [2.05, 4.69) is 70.0 Å². The predicted molar refractivity (Wildman–Crippen MR) is 140 cm³/mol. The SMILES string of the molecule is CN=C(NCc1ccc(C)cc1OCC1CCCO1)NCc1cccc2cccnc12.I. The van der Waals surface area contributed by atoms with Gasteiger partial charge in [0.1, 0.15) is 12.4 Å². The van der Waals surface area contributed by atoms with Gasteiger partial charge in [-0.25, -0.2) is 0 Å². The van der Waals surface area contributed by atoms with Crippen molar-refractivity contribution in [2.75, 3.05) is 20.3 Å². The Bertz CT molecular complexity index is 1050. The van der Waals surface area contributed by atoms with Crippen LogP contribution in [0.3, 0.4) is 0 Å². The number of aliphatic imine (C=N–C) groups is 1. The van der Waals surface area contributed by atoms with E-state index < -0.39 is 0 Å². The molecule has 2 heterocycles. The number of nitrogens with zero attached hydrogens (tertiary/aromatic N) is 2. The second-order valence-electron chi connectivity index (χ2n) is 7.83. The molecule has 1 aliphatic rings. The van der Waals surface area contributed by atoms with Gasteiger partial charge in [-0.05, 0) is 43.0 Å². The number of fused-ring (bicyclic) bond motifs is 1. The van der Waals surface area contributed by atoms with Crippen molar-refractivity contribution in [3.63, 3.8) is 0 Å². The molecular formula is C25H31IN4O2. The summed E-state index contributed by atoms with van der Waals surface area (Å²) < 4.78 is 11.8. The molecule has 0 bridgehead atoms. The summed E-state index contributed by atoms with van der Waals surface area (Å²) >= 11 is 0. The van der Waals surface area contributed by atoms with Gasteiger partial charge in [-0.3, -0.25) is 9.98 Å². The van der Waals surface area contributed by atoms with Crippen LogP contribution in [0, 0.1) is 6.92 Å². The molecule has 6 nitrogen and oxygen atoms in total. The molecule has 1 aliphatic heterocycles. The maximum atomic E-state index is 6.11. The second-order valence-corrected chi connectivity index (χ2v) is 7.83. The highest BCUT2D eigenvalue weighted by Gasteiger charge is 2.17. The number of rotatable bonds is 7. The van der Waals surface area contributed by atoms with Crippen LogP contribution in [0.1, 0.15) is 29.5 Å². The lowest BCUT2D eigenvalue weighted by atomic mass is 10.1. The number of ether oxygens (including phenoxy) is 2. The van der Waals surface area contributed by atoms with Gasteiger partial charge in [0.2, 0.25) is 0 Å². The third kappa shape index (κ3) is 6.32. The zero-order valence-electron chi connectivity index (χ0n) is 18.6. The maximum Gasteiger partial charge on any atom is 0.191 e. The zero-order chi connectivity index (χ0) is 21.5. The predicted octanol–water partition coefficient (Wildman–Crippen LogP) is 4.58. The summed E-state index contributed by atoms with van der Waals surface area (Å²) in [5.74, 6) is 1.63. The Morgan fingerprint density at radius 2 is 1.94 bits per heavy atom. The van der Waals surface area contributed by atoms with Crippen molar-refractivity contribution in [3.8, 4) is 5.75 Å². The summed E-state index contributed by atoms with van der Waals surface area (Å²) in [4.78, 5) is 8.89. The third-order valence-corrected chi connectivity index (χ3v) is 5.50. The lowest BCUT2D eigenvalue weighted by Crippen LogP contribution is -2.36. The number of pyridine rings is 1. The fourth-order valence-electron chi connectivity index (χ4n) is 3.79. The van der Waals surface area contributed by atoms with Gasteiger partial charge in [0.25, 0.3) is 0 Å². The minimum atomic E-state index is 0. The lowest BCUT2D eigenvalue weighted by molar-refractivity contribution is 0.0676. The molecule has 1 fully saturated rings. The molecule has 2 aromatic carbocycles. The van der Waals surface area contributed by atoms with Crippen LogP contribution in [0.25, 0.3) is 10.9 Å². The molecule has 3 aromatic rings. The van der Waals surface area contributed by atoms with Gasteiger partial charge in [0.15, 0.2) is 5.96 Å². The van der Waals surface area contributed by atoms with E-state index in [-0.39, 0.29) is 30.1 Å². The normalized spacial score (nSPS) is 15.9. The van der Waals surface area contributed by atoms with Gasteiger partial charge in [0.05, 0.1) is 11.6 Å². The van der Waals surface area contributed by atoms with Crippen LogP contribution in [-0.2, 0) is 17.8 Å². The molecule has 1 aromatic heterocycles. The average molecular weight is 546 g/mol. The zero-order valence-corrected chi connectivity index (χ0v) is 21.0. The van der Waals surface area contributed by atoms with Crippen LogP contribution in [0.2, 0.25) is 0 Å². The number of aryl methyl sites for hydroxylation is 1. The molecule has 0 saturated carbocycles. The van der Waals surface area contributed by atoms with Crippen molar-refractivity contribution in [1.29, 1.82) is 0 Å². The van der Waals surface area contributed by atoms with E-state index in [1.807, 2.05) is 12.3 Å². The van der Waals surface area contributed by atoms with Crippen LogP contribution < -0.4 is 15.4 Å². The molecule has 0 aliphatic carbocycles. The second kappa shape index (κ2) is 12.0. The third-order valence-electron chi connectivity index (χ3n) is 5.50. The fourth-order valence-corrected chi connectivity index (χ4v) is 3.79. The summed E-state index contributed by atoms with van der Waals surface area (Å²) in [6.07, 6.45) is 4.21. The number of para-hydroxylation sites is 1. The van der Waals surface area contributed by atoms with E-state index in [0.29, 0.717) is 19.7 Å². The van der Waals surface area contributed by atoms with Gasteiger partial charge < -0.3 is 20.1 Å². The number of hydrogen-bond acceptors (Lipinski definition) is 4. The molecular weight excluding hydrogens is 515 g/mol. The smallest absolute Gasteiger partial charge is 0.191 e. The van der Waals surface area contributed by atoms with E-state index >= 15 is 0 Å². The molecule has 2 N–H and O–H groups in total. The number of halogens is 1.